The van der Waals surface area contributed by atoms with E-state index in [0.29, 0.717) is 17.1 Å². The van der Waals surface area contributed by atoms with Crippen LogP contribution in [0.1, 0.15) is 33.7 Å². The van der Waals surface area contributed by atoms with Gasteiger partial charge in [-0.05, 0) is 37.6 Å². The number of hydrogen-bond donors (Lipinski definition) is 1. The van der Waals surface area contributed by atoms with Crippen LogP contribution in [0.2, 0.25) is 0 Å². The third kappa shape index (κ3) is 2.71. The van der Waals surface area contributed by atoms with Gasteiger partial charge in [0.05, 0.1) is 11.6 Å². The van der Waals surface area contributed by atoms with Gasteiger partial charge in [0.1, 0.15) is 11.5 Å². The maximum Gasteiger partial charge on any atom is 0.295 e. The number of aliphatic hydroxyl groups is 1. The fourth-order valence-corrected chi connectivity index (χ4v) is 3.08. The maximum atomic E-state index is 13.0. The number of ketones is 1. The van der Waals surface area contributed by atoms with Crippen LogP contribution in [-0.4, -0.2) is 26.9 Å². The first-order valence-electron chi connectivity index (χ1n) is 8.18. The van der Waals surface area contributed by atoms with Gasteiger partial charge >= 0.3 is 0 Å². The predicted molar refractivity (Wildman–Crippen MR) is 93.1 cm³/mol. The third-order valence-corrected chi connectivity index (χ3v) is 4.28. The monoisotopic (exact) mass is 365 g/mol. The number of furan rings is 1. The minimum absolute atomic E-state index is 0.0360. The highest BCUT2D eigenvalue weighted by atomic mass is 16.5. The lowest BCUT2D eigenvalue weighted by molar-refractivity contribution is -0.117. The van der Waals surface area contributed by atoms with Crippen molar-refractivity contribution in [1.82, 2.24) is 10.1 Å². The van der Waals surface area contributed by atoms with E-state index in [1.54, 1.807) is 44.3 Å². The van der Waals surface area contributed by atoms with Gasteiger partial charge < -0.3 is 14.0 Å². The molecule has 1 atom stereocenters. The van der Waals surface area contributed by atoms with E-state index in [1.165, 1.54) is 17.2 Å². The minimum atomic E-state index is -0.909. The molecule has 0 spiro atoms. The smallest absolute Gasteiger partial charge is 0.295 e. The topological polar surface area (TPSA) is 110 Å². The molecule has 27 heavy (non-hydrogen) atoms. The second-order valence-corrected chi connectivity index (χ2v) is 6.16. The molecule has 3 aromatic heterocycles. The van der Waals surface area contributed by atoms with Crippen LogP contribution in [0.25, 0.3) is 0 Å². The van der Waals surface area contributed by atoms with E-state index in [1.807, 2.05) is 0 Å². The van der Waals surface area contributed by atoms with E-state index in [4.69, 9.17) is 8.94 Å². The number of aryl methyl sites for hydroxylation is 2. The van der Waals surface area contributed by atoms with Crippen molar-refractivity contribution in [2.24, 2.45) is 0 Å². The number of anilines is 1. The molecule has 1 aliphatic heterocycles. The van der Waals surface area contributed by atoms with Crippen LogP contribution in [-0.2, 0) is 4.79 Å². The Morgan fingerprint density at radius 3 is 2.63 bits per heavy atom. The fraction of sp³-hybridized carbons (Fsp3) is 0.158. The van der Waals surface area contributed by atoms with Crippen LogP contribution in [0, 0.1) is 13.8 Å². The van der Waals surface area contributed by atoms with Crippen LogP contribution in [0.5, 0.6) is 0 Å². The van der Waals surface area contributed by atoms with E-state index in [9.17, 15) is 14.7 Å². The Morgan fingerprint density at radius 2 is 2.04 bits per heavy atom. The van der Waals surface area contributed by atoms with E-state index < -0.39 is 23.5 Å². The summed E-state index contributed by atoms with van der Waals surface area (Å²) >= 11 is 0. The molecule has 0 aromatic carbocycles. The first-order valence-corrected chi connectivity index (χ1v) is 8.18. The number of carbonyl (C=O) groups excluding carboxylic acids is 2. The number of pyridine rings is 1. The highest BCUT2D eigenvalue weighted by molar-refractivity contribution is 6.19. The van der Waals surface area contributed by atoms with Gasteiger partial charge in [-0.3, -0.25) is 19.5 Å². The molecule has 3 aromatic rings. The molecule has 1 N–H and O–H groups in total. The van der Waals surface area contributed by atoms with Crippen molar-refractivity contribution in [1.29, 1.82) is 0 Å². The van der Waals surface area contributed by atoms with Crippen LogP contribution >= 0.6 is 0 Å². The van der Waals surface area contributed by atoms with Gasteiger partial charge in [-0.1, -0.05) is 11.2 Å². The Bertz CT molecular complexity index is 1060. The zero-order valence-electron chi connectivity index (χ0n) is 14.5. The van der Waals surface area contributed by atoms with Crippen LogP contribution < -0.4 is 4.90 Å². The van der Waals surface area contributed by atoms with Gasteiger partial charge in [0.15, 0.2) is 17.3 Å². The van der Waals surface area contributed by atoms with E-state index in [0.717, 1.165) is 0 Å². The molecule has 0 saturated carbocycles. The molecule has 0 aliphatic carbocycles. The SMILES string of the molecule is Cc1cc(N2C(=O)C(O)=C(C(=O)c3ccc(C)o3)C2c2cccnc2)no1. The largest absolute Gasteiger partial charge is 0.503 e. The number of carbonyl (C=O) groups is 2. The van der Waals surface area contributed by atoms with Gasteiger partial charge in [-0.2, -0.15) is 0 Å². The average molecular weight is 365 g/mol. The van der Waals surface area contributed by atoms with E-state index in [2.05, 4.69) is 10.1 Å². The Morgan fingerprint density at radius 1 is 1.22 bits per heavy atom. The van der Waals surface area contributed by atoms with Crippen molar-refractivity contribution in [2.75, 3.05) is 4.90 Å². The van der Waals surface area contributed by atoms with Gasteiger partial charge in [-0.25, -0.2) is 0 Å². The molecular formula is C19H15N3O5. The van der Waals surface area contributed by atoms with Crippen molar-refractivity contribution in [3.8, 4) is 0 Å². The standard InChI is InChI=1S/C19H15N3O5/c1-10-5-6-13(26-10)17(23)15-16(12-4-3-7-20-9-12)22(19(25)18(15)24)14-8-11(2)27-21-14/h3-9,16,24H,1-2H3. The average Bonchev–Trinajstić information content (AvgIpc) is 3.35. The van der Waals surface area contributed by atoms with Gasteiger partial charge in [0, 0.05) is 18.5 Å². The summed E-state index contributed by atoms with van der Waals surface area (Å²) in [6.45, 7) is 3.38. The molecule has 1 aliphatic rings. The molecule has 136 valence electrons. The summed E-state index contributed by atoms with van der Waals surface area (Å²) < 4.78 is 10.5. The Hall–Kier alpha value is -3.68. The molecule has 4 rings (SSSR count). The number of nitrogens with zero attached hydrogens (tertiary/aromatic N) is 3. The number of Topliss-reactive ketones (excluding diaryl/α,β-unsaturated/α-hetero) is 1. The lowest BCUT2D eigenvalue weighted by Crippen LogP contribution is -2.31. The van der Waals surface area contributed by atoms with Gasteiger partial charge in [0.25, 0.3) is 5.91 Å². The number of rotatable bonds is 4. The summed E-state index contributed by atoms with van der Waals surface area (Å²) in [4.78, 5) is 31.1. The molecule has 0 saturated heterocycles. The fourth-order valence-electron chi connectivity index (χ4n) is 3.08. The Labute approximate surface area is 153 Å². The Balaban J connectivity index is 1.87. The van der Waals surface area contributed by atoms with Crippen molar-refractivity contribution in [2.45, 2.75) is 19.9 Å². The van der Waals surface area contributed by atoms with Gasteiger partial charge in [0.2, 0.25) is 5.78 Å². The normalized spacial score (nSPS) is 17.0. The zero-order chi connectivity index (χ0) is 19.1. The number of aliphatic hydroxyl groups excluding tert-OH is 1. The van der Waals surface area contributed by atoms with Crippen LogP contribution in [0.15, 0.2) is 63.0 Å². The number of amides is 1. The lowest BCUT2D eigenvalue weighted by Gasteiger charge is -2.23. The molecule has 1 amide bonds. The molecule has 1 unspecified atom stereocenters. The molecule has 0 fully saturated rings. The number of hydrogen-bond acceptors (Lipinski definition) is 7. The maximum absolute atomic E-state index is 13.0. The second-order valence-electron chi connectivity index (χ2n) is 6.16. The van der Waals surface area contributed by atoms with Crippen molar-refractivity contribution < 1.29 is 23.6 Å². The summed E-state index contributed by atoms with van der Waals surface area (Å²) in [6, 6.07) is 7.18. The minimum Gasteiger partial charge on any atom is -0.503 e. The van der Waals surface area contributed by atoms with E-state index >= 15 is 0 Å². The summed E-state index contributed by atoms with van der Waals surface area (Å²) in [7, 11) is 0. The number of aromatic nitrogens is 2. The third-order valence-electron chi connectivity index (χ3n) is 4.28. The van der Waals surface area contributed by atoms with Crippen LogP contribution in [0.3, 0.4) is 0 Å². The van der Waals surface area contributed by atoms with Crippen molar-refractivity contribution in [3.63, 3.8) is 0 Å². The molecule has 4 heterocycles. The summed E-state index contributed by atoms with van der Waals surface area (Å²) in [5, 5.41) is 14.4. The summed E-state index contributed by atoms with van der Waals surface area (Å²) in [5.74, 6) is -0.712. The molecule has 8 heteroatoms. The predicted octanol–water partition coefficient (Wildman–Crippen LogP) is 3.06. The quantitative estimate of drug-likeness (QED) is 0.708. The second kappa shape index (κ2) is 6.24. The van der Waals surface area contributed by atoms with Crippen molar-refractivity contribution in [3.05, 3.63) is 76.9 Å². The van der Waals surface area contributed by atoms with E-state index in [-0.39, 0.29) is 17.2 Å². The molecular weight excluding hydrogens is 350 g/mol. The molecule has 0 bridgehead atoms. The zero-order valence-corrected chi connectivity index (χ0v) is 14.5. The Kier molecular flexibility index (Phi) is 3.88. The first kappa shape index (κ1) is 16.8. The summed E-state index contributed by atoms with van der Waals surface area (Å²) in [5.41, 5.74) is 0.449. The summed E-state index contributed by atoms with van der Waals surface area (Å²) in [6.07, 6.45) is 3.10. The first-order chi connectivity index (χ1) is 13.0. The van der Waals surface area contributed by atoms with Crippen LogP contribution in [0.4, 0.5) is 5.82 Å². The molecule has 0 radical (unpaired) electrons. The van der Waals surface area contributed by atoms with Crippen molar-refractivity contribution >= 4 is 17.5 Å². The lowest BCUT2D eigenvalue weighted by atomic mass is 9.96. The highest BCUT2D eigenvalue weighted by Crippen LogP contribution is 2.41. The van der Waals surface area contributed by atoms with Gasteiger partial charge in [-0.15, -0.1) is 0 Å². The molecule has 8 nitrogen and oxygen atoms in total. The highest BCUT2D eigenvalue weighted by Gasteiger charge is 2.46.